The van der Waals surface area contributed by atoms with Crippen molar-refractivity contribution in [2.75, 3.05) is 24.4 Å². The average molecular weight is 656 g/mol. The number of amides is 1. The minimum atomic E-state index is -3.97. The predicted molar refractivity (Wildman–Crippen MR) is 178 cm³/mol. The number of sulfonamides is 1. The fourth-order valence-corrected chi connectivity index (χ4v) is 7.15. The molecular weight excluding hydrogens is 618 g/mol. The summed E-state index contributed by atoms with van der Waals surface area (Å²) in [6.45, 7) is 7.53. The number of carbonyl (C=O) groups excluding carboxylic acids is 2. The summed E-state index contributed by atoms with van der Waals surface area (Å²) in [5, 5.41) is 3.85. The Bertz CT molecular complexity index is 2050. The standard InChI is InChI=1S/C35H37N5O6S/c1-4-31-36-29-12-7-11-28(35(42)45-21-9-20-39-19-8-14-32(39)41)33(29)40(31)22-25-15-17-26(18-16-25)27-10-5-6-13-30(27)47(43,44)38-34-23(2)24(3)37-46-34/h5-7,10-13,15-18,38H,4,8-9,14,19-22H2,1-3H3. The number of likely N-dealkylation sites (tertiary alicyclic amines) is 1. The van der Waals surface area contributed by atoms with Crippen molar-refractivity contribution in [1.29, 1.82) is 0 Å². The van der Waals surface area contributed by atoms with Gasteiger partial charge in [0.15, 0.2) is 0 Å². The number of ether oxygens (including phenoxy) is 1. The minimum Gasteiger partial charge on any atom is -0.462 e. The average Bonchev–Trinajstić information content (AvgIpc) is 3.75. The molecule has 1 fully saturated rings. The van der Waals surface area contributed by atoms with E-state index in [9.17, 15) is 18.0 Å². The molecule has 0 bridgehead atoms. The van der Waals surface area contributed by atoms with E-state index in [-0.39, 0.29) is 23.3 Å². The van der Waals surface area contributed by atoms with Gasteiger partial charge in [0, 0.05) is 43.6 Å². The first-order chi connectivity index (χ1) is 22.7. The van der Waals surface area contributed by atoms with Crippen molar-refractivity contribution < 1.29 is 27.3 Å². The van der Waals surface area contributed by atoms with E-state index < -0.39 is 16.0 Å². The molecule has 0 radical (unpaired) electrons. The van der Waals surface area contributed by atoms with Crippen molar-refractivity contribution in [3.63, 3.8) is 0 Å². The van der Waals surface area contributed by atoms with E-state index in [2.05, 4.69) is 9.88 Å². The van der Waals surface area contributed by atoms with Crippen molar-refractivity contribution in [1.82, 2.24) is 19.6 Å². The molecule has 1 aliphatic heterocycles. The molecule has 47 heavy (non-hydrogen) atoms. The Kier molecular flexibility index (Phi) is 9.12. The highest BCUT2D eigenvalue weighted by Crippen LogP contribution is 2.31. The second-order valence-corrected chi connectivity index (χ2v) is 13.3. The van der Waals surface area contributed by atoms with Gasteiger partial charge in [0.25, 0.3) is 10.0 Å². The van der Waals surface area contributed by atoms with Crippen molar-refractivity contribution in [3.05, 3.63) is 94.9 Å². The number of nitrogens with one attached hydrogen (secondary N) is 1. The van der Waals surface area contributed by atoms with Crippen LogP contribution in [0.1, 0.15) is 59.2 Å². The Labute approximate surface area is 273 Å². The van der Waals surface area contributed by atoms with Gasteiger partial charge in [-0.2, -0.15) is 0 Å². The summed E-state index contributed by atoms with van der Waals surface area (Å²) in [7, 11) is -3.97. The lowest BCUT2D eigenvalue weighted by atomic mass is 10.0. The molecule has 1 aliphatic rings. The first kappa shape index (κ1) is 32.0. The third-order valence-corrected chi connectivity index (χ3v) is 9.91. The minimum absolute atomic E-state index is 0.0914. The van der Waals surface area contributed by atoms with Gasteiger partial charge in [0.2, 0.25) is 11.8 Å². The second kappa shape index (κ2) is 13.4. The third kappa shape index (κ3) is 6.64. The van der Waals surface area contributed by atoms with Crippen molar-refractivity contribution >= 4 is 38.8 Å². The molecule has 1 amide bonds. The van der Waals surface area contributed by atoms with Gasteiger partial charge in [-0.15, -0.1) is 0 Å². The number of hydrogen-bond donors (Lipinski definition) is 1. The summed E-state index contributed by atoms with van der Waals surface area (Å²) < 4.78 is 42.2. The van der Waals surface area contributed by atoms with Crippen molar-refractivity contribution in [2.45, 2.75) is 57.9 Å². The van der Waals surface area contributed by atoms with Gasteiger partial charge in [-0.3, -0.25) is 4.79 Å². The molecule has 0 unspecified atom stereocenters. The highest BCUT2D eigenvalue weighted by Gasteiger charge is 2.24. The zero-order chi connectivity index (χ0) is 33.1. The topological polar surface area (TPSA) is 137 Å². The van der Waals surface area contributed by atoms with Crippen LogP contribution in [-0.4, -0.2) is 59.6 Å². The Morgan fingerprint density at radius 2 is 1.83 bits per heavy atom. The van der Waals surface area contributed by atoms with Crippen LogP contribution in [0.15, 0.2) is 76.1 Å². The van der Waals surface area contributed by atoms with Gasteiger partial charge < -0.3 is 18.7 Å². The SMILES string of the molecule is CCc1nc2cccc(C(=O)OCCCN3CCCC3=O)c2n1Cc1ccc(-c2ccccc2S(=O)(=O)Nc2onc(C)c2C)cc1. The number of anilines is 1. The maximum absolute atomic E-state index is 13.4. The molecule has 1 N–H and O–H groups in total. The van der Waals surface area contributed by atoms with E-state index in [1.165, 1.54) is 0 Å². The summed E-state index contributed by atoms with van der Waals surface area (Å²) >= 11 is 0. The molecule has 3 aromatic carbocycles. The maximum atomic E-state index is 13.4. The number of aromatic nitrogens is 3. The highest BCUT2D eigenvalue weighted by molar-refractivity contribution is 7.92. The van der Waals surface area contributed by atoms with E-state index in [0.29, 0.717) is 65.8 Å². The van der Waals surface area contributed by atoms with Gasteiger partial charge in [-0.1, -0.05) is 60.6 Å². The molecule has 3 heterocycles. The molecule has 0 spiro atoms. The summed E-state index contributed by atoms with van der Waals surface area (Å²) in [6.07, 6.45) is 2.71. The smallest absolute Gasteiger partial charge is 0.340 e. The number of nitrogens with zero attached hydrogens (tertiary/aromatic N) is 4. The number of hydrogen-bond acceptors (Lipinski definition) is 8. The van der Waals surface area contributed by atoms with Crippen LogP contribution in [0, 0.1) is 13.8 Å². The number of esters is 1. The summed E-state index contributed by atoms with van der Waals surface area (Å²) in [6, 6.07) is 19.9. The molecule has 0 saturated carbocycles. The summed E-state index contributed by atoms with van der Waals surface area (Å²) in [4.78, 5) is 31.9. The Balaban J connectivity index is 1.22. The Morgan fingerprint density at radius 3 is 2.53 bits per heavy atom. The quantitative estimate of drug-likeness (QED) is 0.130. The number of carbonyl (C=O) groups is 2. The number of aryl methyl sites for hydroxylation is 2. The zero-order valence-corrected chi connectivity index (χ0v) is 27.5. The number of benzene rings is 3. The predicted octanol–water partition coefficient (Wildman–Crippen LogP) is 5.89. The number of para-hydroxylation sites is 1. The molecule has 5 aromatic rings. The fourth-order valence-electron chi connectivity index (χ4n) is 5.88. The lowest BCUT2D eigenvalue weighted by Crippen LogP contribution is -2.26. The van der Waals surface area contributed by atoms with Gasteiger partial charge in [-0.25, -0.2) is 22.9 Å². The van der Waals surface area contributed by atoms with Gasteiger partial charge in [0.05, 0.1) is 33.8 Å². The molecule has 1 saturated heterocycles. The molecular formula is C35H37N5O6S. The third-order valence-electron chi connectivity index (χ3n) is 8.53. The normalized spacial score (nSPS) is 13.4. The first-order valence-electron chi connectivity index (χ1n) is 15.7. The van der Waals surface area contributed by atoms with Crippen LogP contribution >= 0.6 is 0 Å². The van der Waals surface area contributed by atoms with Gasteiger partial charge in [0.1, 0.15) is 5.82 Å². The van der Waals surface area contributed by atoms with Crippen LogP contribution in [0.2, 0.25) is 0 Å². The molecule has 0 atom stereocenters. The molecule has 244 valence electrons. The Hall–Kier alpha value is -4.97. The van der Waals surface area contributed by atoms with E-state index in [4.69, 9.17) is 14.2 Å². The van der Waals surface area contributed by atoms with Crippen LogP contribution in [0.3, 0.4) is 0 Å². The van der Waals surface area contributed by atoms with Gasteiger partial charge >= 0.3 is 5.97 Å². The largest absolute Gasteiger partial charge is 0.462 e. The number of imidazole rings is 1. The van der Waals surface area contributed by atoms with Crippen LogP contribution in [0.4, 0.5) is 5.88 Å². The van der Waals surface area contributed by atoms with Crippen LogP contribution in [0.25, 0.3) is 22.2 Å². The summed E-state index contributed by atoms with van der Waals surface area (Å²) in [5.74, 6) is 0.653. The van der Waals surface area contributed by atoms with Crippen molar-refractivity contribution in [2.24, 2.45) is 0 Å². The van der Waals surface area contributed by atoms with Crippen LogP contribution in [0.5, 0.6) is 0 Å². The van der Waals surface area contributed by atoms with E-state index in [0.717, 1.165) is 29.9 Å². The summed E-state index contributed by atoms with van der Waals surface area (Å²) in [5.41, 5.74) is 5.31. The Morgan fingerprint density at radius 1 is 1.04 bits per heavy atom. The molecule has 11 nitrogen and oxygen atoms in total. The van der Waals surface area contributed by atoms with E-state index in [1.54, 1.807) is 50.2 Å². The van der Waals surface area contributed by atoms with Crippen LogP contribution in [-0.2, 0) is 32.5 Å². The number of fused-ring (bicyclic) bond motifs is 1. The zero-order valence-electron chi connectivity index (χ0n) is 26.7. The van der Waals surface area contributed by atoms with Crippen molar-refractivity contribution in [3.8, 4) is 11.1 Å². The maximum Gasteiger partial charge on any atom is 0.340 e. The van der Waals surface area contributed by atoms with Crippen LogP contribution < -0.4 is 4.72 Å². The fraction of sp³-hybridized carbons (Fsp3) is 0.314. The lowest BCUT2D eigenvalue weighted by Gasteiger charge is -2.15. The van der Waals surface area contributed by atoms with E-state index >= 15 is 0 Å². The molecule has 6 rings (SSSR count). The molecule has 2 aromatic heterocycles. The lowest BCUT2D eigenvalue weighted by molar-refractivity contribution is -0.127. The highest BCUT2D eigenvalue weighted by atomic mass is 32.2. The molecule has 12 heteroatoms. The molecule has 0 aliphatic carbocycles. The first-order valence-corrected chi connectivity index (χ1v) is 17.2. The van der Waals surface area contributed by atoms with E-state index in [1.807, 2.05) is 46.7 Å². The second-order valence-electron chi connectivity index (χ2n) is 11.6. The monoisotopic (exact) mass is 655 g/mol. The van der Waals surface area contributed by atoms with Gasteiger partial charge in [-0.05, 0) is 56.0 Å². The number of rotatable bonds is 12.